The summed E-state index contributed by atoms with van der Waals surface area (Å²) in [6.45, 7) is 1.76. The fourth-order valence-electron chi connectivity index (χ4n) is 2.36. The van der Waals surface area contributed by atoms with Crippen LogP contribution in [0.4, 0.5) is 0 Å². The van der Waals surface area contributed by atoms with E-state index < -0.39 is 5.54 Å². The lowest BCUT2D eigenvalue weighted by Gasteiger charge is -2.42. The second-order valence-electron chi connectivity index (χ2n) is 4.24. The SMILES string of the molecule is CON1C(=O)CCCC12C=CC(=O)C(C)=C2. The maximum atomic E-state index is 11.7. The summed E-state index contributed by atoms with van der Waals surface area (Å²) in [5, 5.41) is 1.38. The van der Waals surface area contributed by atoms with Crippen LogP contribution in [0.3, 0.4) is 0 Å². The number of hydroxylamine groups is 2. The van der Waals surface area contributed by atoms with Gasteiger partial charge in [-0.25, -0.2) is 5.06 Å². The molecular weight excluding hydrogens is 206 g/mol. The number of amides is 1. The molecule has 0 aromatic rings. The van der Waals surface area contributed by atoms with Gasteiger partial charge in [-0.05, 0) is 43.6 Å². The van der Waals surface area contributed by atoms with Gasteiger partial charge in [0.2, 0.25) is 5.91 Å². The molecule has 0 aromatic carbocycles. The van der Waals surface area contributed by atoms with E-state index in [1.807, 2.05) is 6.08 Å². The molecule has 86 valence electrons. The molecule has 0 saturated carbocycles. The molecule has 0 bridgehead atoms. The third kappa shape index (κ3) is 1.59. The Morgan fingerprint density at radius 2 is 2.19 bits per heavy atom. The van der Waals surface area contributed by atoms with Gasteiger partial charge in [-0.3, -0.25) is 14.4 Å². The van der Waals surface area contributed by atoms with Crippen LogP contribution in [0.2, 0.25) is 0 Å². The first kappa shape index (κ1) is 11.1. The molecule has 1 heterocycles. The molecule has 1 unspecified atom stereocenters. The Morgan fingerprint density at radius 1 is 1.44 bits per heavy atom. The third-order valence-electron chi connectivity index (χ3n) is 3.13. The Balaban J connectivity index is 2.39. The molecule has 2 aliphatic rings. The van der Waals surface area contributed by atoms with Crippen LogP contribution in [0.25, 0.3) is 0 Å². The fourth-order valence-corrected chi connectivity index (χ4v) is 2.36. The Bertz CT molecular complexity index is 397. The maximum absolute atomic E-state index is 11.7. The summed E-state index contributed by atoms with van der Waals surface area (Å²) in [7, 11) is 1.48. The summed E-state index contributed by atoms with van der Waals surface area (Å²) in [6, 6.07) is 0. The van der Waals surface area contributed by atoms with Crippen LogP contribution in [0.1, 0.15) is 26.2 Å². The molecule has 1 aliphatic carbocycles. The molecule has 4 heteroatoms. The van der Waals surface area contributed by atoms with Crippen molar-refractivity contribution < 1.29 is 14.4 Å². The molecule has 0 aromatic heterocycles. The molecule has 4 nitrogen and oxygen atoms in total. The van der Waals surface area contributed by atoms with Gasteiger partial charge in [0.25, 0.3) is 0 Å². The summed E-state index contributed by atoms with van der Waals surface area (Å²) in [5.41, 5.74) is 0.112. The number of carbonyl (C=O) groups excluding carboxylic acids is 2. The number of hydrogen-bond acceptors (Lipinski definition) is 3. The minimum Gasteiger partial charge on any atom is -0.290 e. The lowest BCUT2D eigenvalue weighted by molar-refractivity contribution is -0.201. The van der Waals surface area contributed by atoms with E-state index >= 15 is 0 Å². The van der Waals surface area contributed by atoms with Gasteiger partial charge in [0.1, 0.15) is 5.54 Å². The van der Waals surface area contributed by atoms with Crippen LogP contribution >= 0.6 is 0 Å². The quantitative estimate of drug-likeness (QED) is 0.672. The minimum absolute atomic E-state index is 0.000277. The Kier molecular flexibility index (Phi) is 2.68. The maximum Gasteiger partial charge on any atom is 0.247 e. The molecule has 1 amide bonds. The largest absolute Gasteiger partial charge is 0.290 e. The lowest BCUT2D eigenvalue weighted by atomic mass is 9.82. The fraction of sp³-hybridized carbons (Fsp3) is 0.500. The average molecular weight is 221 g/mol. The topological polar surface area (TPSA) is 46.6 Å². The van der Waals surface area contributed by atoms with Crippen LogP contribution in [-0.4, -0.2) is 29.4 Å². The first-order valence-electron chi connectivity index (χ1n) is 5.39. The molecule has 16 heavy (non-hydrogen) atoms. The molecule has 0 N–H and O–H groups in total. The van der Waals surface area contributed by atoms with Crippen molar-refractivity contribution in [3.8, 4) is 0 Å². The Labute approximate surface area is 94.5 Å². The van der Waals surface area contributed by atoms with Crippen LogP contribution in [-0.2, 0) is 14.4 Å². The van der Waals surface area contributed by atoms with Gasteiger partial charge in [-0.15, -0.1) is 0 Å². The predicted molar refractivity (Wildman–Crippen MR) is 58.3 cm³/mol. The second-order valence-corrected chi connectivity index (χ2v) is 4.24. The van der Waals surface area contributed by atoms with Crippen molar-refractivity contribution in [2.24, 2.45) is 0 Å². The summed E-state index contributed by atoms with van der Waals surface area (Å²) < 4.78 is 0. The van der Waals surface area contributed by atoms with E-state index in [4.69, 9.17) is 4.84 Å². The first-order valence-corrected chi connectivity index (χ1v) is 5.39. The number of carbonyl (C=O) groups is 2. The van der Waals surface area contributed by atoms with Gasteiger partial charge in [-0.2, -0.15) is 0 Å². The van der Waals surface area contributed by atoms with Gasteiger partial charge in [0.05, 0.1) is 7.11 Å². The molecule has 2 rings (SSSR count). The number of ketones is 1. The first-order chi connectivity index (χ1) is 7.59. The number of allylic oxidation sites excluding steroid dienone is 2. The zero-order valence-electron chi connectivity index (χ0n) is 9.53. The molecule has 0 radical (unpaired) electrons. The second kappa shape index (κ2) is 3.87. The van der Waals surface area contributed by atoms with Crippen molar-refractivity contribution in [3.05, 3.63) is 23.8 Å². The number of rotatable bonds is 1. The van der Waals surface area contributed by atoms with E-state index in [1.165, 1.54) is 18.2 Å². The summed E-state index contributed by atoms with van der Waals surface area (Å²) in [4.78, 5) is 28.3. The number of hydrogen-bond donors (Lipinski definition) is 0. The zero-order valence-corrected chi connectivity index (χ0v) is 9.53. The van der Waals surface area contributed by atoms with Crippen molar-refractivity contribution in [2.75, 3.05) is 7.11 Å². The van der Waals surface area contributed by atoms with Crippen LogP contribution in [0, 0.1) is 0 Å². The van der Waals surface area contributed by atoms with Crippen molar-refractivity contribution in [1.82, 2.24) is 5.06 Å². The summed E-state index contributed by atoms with van der Waals surface area (Å²) in [6.07, 6.45) is 7.25. The van der Waals surface area contributed by atoms with Crippen LogP contribution in [0.15, 0.2) is 23.8 Å². The normalized spacial score (nSPS) is 29.9. The molecular formula is C12H15NO3. The smallest absolute Gasteiger partial charge is 0.247 e. The molecule has 1 saturated heterocycles. The van der Waals surface area contributed by atoms with Crippen LogP contribution < -0.4 is 0 Å². The van der Waals surface area contributed by atoms with Gasteiger partial charge >= 0.3 is 0 Å². The van der Waals surface area contributed by atoms with E-state index in [0.29, 0.717) is 12.0 Å². The lowest BCUT2D eigenvalue weighted by Crippen LogP contribution is -2.52. The highest BCUT2D eigenvalue weighted by Gasteiger charge is 2.41. The molecule has 1 spiro atoms. The van der Waals surface area contributed by atoms with E-state index in [2.05, 4.69) is 0 Å². The minimum atomic E-state index is -0.553. The third-order valence-corrected chi connectivity index (χ3v) is 3.13. The highest BCUT2D eigenvalue weighted by Crippen LogP contribution is 2.34. The van der Waals surface area contributed by atoms with E-state index in [-0.39, 0.29) is 11.7 Å². The number of piperidine rings is 1. The average Bonchev–Trinajstić information content (AvgIpc) is 2.25. The molecule has 1 atom stereocenters. The monoisotopic (exact) mass is 221 g/mol. The summed E-state index contributed by atoms with van der Waals surface area (Å²) in [5.74, 6) is -0.0310. The molecule has 1 fully saturated rings. The van der Waals surface area contributed by atoms with E-state index in [9.17, 15) is 9.59 Å². The van der Waals surface area contributed by atoms with Gasteiger partial charge in [-0.1, -0.05) is 0 Å². The van der Waals surface area contributed by atoms with Crippen LogP contribution in [0.5, 0.6) is 0 Å². The molecule has 1 aliphatic heterocycles. The van der Waals surface area contributed by atoms with Crippen molar-refractivity contribution in [1.29, 1.82) is 0 Å². The number of nitrogens with zero attached hydrogens (tertiary/aromatic N) is 1. The van der Waals surface area contributed by atoms with Crippen molar-refractivity contribution in [3.63, 3.8) is 0 Å². The van der Waals surface area contributed by atoms with Crippen molar-refractivity contribution >= 4 is 11.7 Å². The Hall–Kier alpha value is -1.42. The van der Waals surface area contributed by atoms with Gasteiger partial charge in [0, 0.05) is 6.42 Å². The highest BCUT2D eigenvalue weighted by molar-refractivity contribution is 6.05. The zero-order chi connectivity index (χ0) is 11.8. The standard InChI is InChI=1S/C12H15NO3/c1-9-8-12(7-5-10(9)14)6-3-4-11(15)13(12)16-2/h5,7-8H,3-4,6H2,1-2H3. The van der Waals surface area contributed by atoms with E-state index in [0.717, 1.165) is 12.8 Å². The summed E-state index contributed by atoms with van der Waals surface area (Å²) >= 11 is 0. The van der Waals surface area contributed by atoms with Gasteiger partial charge in [0.15, 0.2) is 5.78 Å². The Morgan fingerprint density at radius 3 is 2.81 bits per heavy atom. The van der Waals surface area contributed by atoms with Crippen molar-refractivity contribution in [2.45, 2.75) is 31.7 Å². The van der Waals surface area contributed by atoms with E-state index in [1.54, 1.807) is 13.0 Å². The van der Waals surface area contributed by atoms with Gasteiger partial charge < -0.3 is 0 Å². The highest BCUT2D eigenvalue weighted by atomic mass is 16.7. The predicted octanol–water partition coefficient (Wildman–Crippen LogP) is 1.38.